The summed E-state index contributed by atoms with van der Waals surface area (Å²) in [4.78, 5) is 0. The number of hydrogen-bond donors (Lipinski definition) is 0. The van der Waals surface area contributed by atoms with Crippen molar-refractivity contribution in [1.82, 2.24) is 9.13 Å². The first-order valence-corrected chi connectivity index (χ1v) is 31.7. The van der Waals surface area contributed by atoms with E-state index < -0.39 is 8.07 Å². The molecule has 0 unspecified atom stereocenters. The monoisotopic (exact) mass is 1010 g/mol. The molecule has 0 radical (unpaired) electrons. The average molecular weight is 1010 g/mol. The van der Waals surface area contributed by atoms with E-state index in [0.717, 1.165) is 23.7 Å². The van der Waals surface area contributed by atoms with E-state index in [1.807, 2.05) is 0 Å². The number of para-hydroxylation sites is 4. The molecule has 3 heteroatoms. The van der Waals surface area contributed by atoms with Gasteiger partial charge in [0.2, 0.25) is 0 Å². The Labute approximate surface area is 452 Å². The van der Waals surface area contributed by atoms with Crippen molar-refractivity contribution < 1.29 is 0 Å². The van der Waals surface area contributed by atoms with Crippen LogP contribution in [0.2, 0.25) is 0 Å². The molecular formula is C74H62N2Si. The predicted molar refractivity (Wildman–Crippen MR) is 320 cm³/mol. The van der Waals surface area contributed by atoms with Crippen LogP contribution < -0.4 is 20.7 Å². The molecule has 2 spiro atoms. The molecule has 77 heavy (non-hydrogen) atoms. The number of hydrogen-bond acceptors (Lipinski definition) is 0. The minimum atomic E-state index is -3.05. The minimum Gasteiger partial charge on any atom is -0.309 e. The Balaban J connectivity index is 0.860. The molecular weight excluding hydrogens is 945 g/mol. The standard InChI is InChI=1S/C74H62N2Si/c1-3-15-55(16-4-1)77(56-17-5-2-6-18-56,58-29-31-64-70(44-58)76-68-27-10-8-21-60(68)62-23-13-25-66(72(62)76)74(64)53-38-47-33-48(40-53)41-54(74)39-47)57-19-11-14-49(42-57)50-28-30-63-69(43-50)75-67-26-9-7-20-59(67)61-22-12-24-65(71(61)75)73(63)51-34-45-32-46(36-51)37-52(73)35-45/h1-31,42-48,51-54H,32-41H2. The van der Waals surface area contributed by atoms with Crippen LogP contribution in [0.15, 0.2) is 206 Å². The van der Waals surface area contributed by atoms with Gasteiger partial charge in [-0.15, -0.1) is 0 Å². The van der Waals surface area contributed by atoms with Crippen molar-refractivity contribution in [2.24, 2.45) is 47.3 Å². The van der Waals surface area contributed by atoms with Crippen LogP contribution in [0.25, 0.3) is 66.1 Å². The van der Waals surface area contributed by atoms with Crippen LogP contribution in [0, 0.1) is 47.3 Å². The van der Waals surface area contributed by atoms with Crippen molar-refractivity contribution in [3.63, 3.8) is 0 Å². The molecule has 8 bridgehead atoms. The largest absolute Gasteiger partial charge is 0.309 e. The van der Waals surface area contributed by atoms with Gasteiger partial charge < -0.3 is 9.13 Å². The summed E-state index contributed by atoms with van der Waals surface area (Å²) in [6, 6.07) is 82.7. The van der Waals surface area contributed by atoms with Crippen molar-refractivity contribution in [3.8, 4) is 22.5 Å². The summed E-state index contributed by atoms with van der Waals surface area (Å²) in [6.45, 7) is 0. The van der Waals surface area contributed by atoms with Gasteiger partial charge in [-0.2, -0.15) is 0 Å². The van der Waals surface area contributed by atoms with Crippen molar-refractivity contribution >= 4 is 72.4 Å². The highest BCUT2D eigenvalue weighted by Gasteiger charge is 2.63. The zero-order chi connectivity index (χ0) is 49.9. The van der Waals surface area contributed by atoms with E-state index >= 15 is 0 Å². The van der Waals surface area contributed by atoms with Gasteiger partial charge in [-0.05, 0) is 190 Å². The Morgan fingerprint density at radius 3 is 1.22 bits per heavy atom. The van der Waals surface area contributed by atoms with Crippen LogP contribution in [-0.2, 0) is 10.8 Å². The highest BCUT2D eigenvalue weighted by atomic mass is 28.3. The third-order valence-corrected chi connectivity index (χ3v) is 27.7. The summed E-state index contributed by atoms with van der Waals surface area (Å²) in [5.74, 6) is 6.29. The van der Waals surface area contributed by atoms with Crippen LogP contribution in [-0.4, -0.2) is 17.2 Å². The van der Waals surface area contributed by atoms with Crippen molar-refractivity contribution in [1.29, 1.82) is 0 Å². The molecule has 0 N–H and O–H groups in total. The zero-order valence-corrected chi connectivity index (χ0v) is 44.7. The second-order valence-corrected chi connectivity index (χ2v) is 29.8. The van der Waals surface area contributed by atoms with E-state index in [9.17, 15) is 0 Å². The lowest BCUT2D eigenvalue weighted by Crippen LogP contribution is -2.74. The Kier molecular flexibility index (Phi) is 8.39. The maximum absolute atomic E-state index is 3.05. The highest BCUT2D eigenvalue weighted by Crippen LogP contribution is 2.70. The summed E-state index contributed by atoms with van der Waals surface area (Å²) < 4.78 is 5.44. The van der Waals surface area contributed by atoms with E-state index in [1.165, 1.54) is 151 Å². The fourth-order valence-electron chi connectivity index (χ4n) is 21.0. The fourth-order valence-corrected chi connectivity index (χ4v) is 25.8. The molecule has 2 nitrogen and oxygen atoms in total. The number of rotatable bonds is 5. The van der Waals surface area contributed by atoms with Gasteiger partial charge in [-0.25, -0.2) is 0 Å². The molecule has 21 rings (SSSR count). The third-order valence-electron chi connectivity index (χ3n) is 23.0. The zero-order valence-electron chi connectivity index (χ0n) is 43.7. The summed E-state index contributed by atoms with van der Waals surface area (Å²) >= 11 is 0. The smallest absolute Gasteiger partial charge is 0.179 e. The SMILES string of the molecule is c1ccc([Si](c2ccccc2)(c2cccc(-c3ccc4c(c3)-n3c5ccccc5c5cccc(c53)C43C4CC5CC(C4)CC3C5)c2)c2ccc3c(c2)-n2c4ccccc4c4cccc(c42)C32C3CC4CC(C3)CC2C4)cc1. The van der Waals surface area contributed by atoms with Gasteiger partial charge in [0.25, 0.3) is 0 Å². The Hall–Kier alpha value is -7.20. The second kappa shape index (κ2) is 15.1. The van der Waals surface area contributed by atoms with E-state index in [1.54, 1.807) is 22.3 Å². The van der Waals surface area contributed by atoms with E-state index in [4.69, 9.17) is 0 Å². The van der Waals surface area contributed by atoms with Crippen molar-refractivity contribution in [3.05, 3.63) is 229 Å². The molecule has 10 aliphatic rings. The molecule has 372 valence electrons. The molecule has 8 saturated carbocycles. The molecule has 11 aromatic rings. The normalized spacial score (nSPS) is 28.6. The molecule has 8 fully saturated rings. The van der Waals surface area contributed by atoms with Gasteiger partial charge in [0.15, 0.2) is 8.07 Å². The summed E-state index contributed by atoms with van der Waals surface area (Å²) in [5.41, 5.74) is 17.5. The first-order valence-electron chi connectivity index (χ1n) is 29.7. The van der Waals surface area contributed by atoms with Gasteiger partial charge in [0, 0.05) is 32.4 Å². The number of benzene rings is 9. The van der Waals surface area contributed by atoms with Gasteiger partial charge in [-0.3, -0.25) is 0 Å². The van der Waals surface area contributed by atoms with E-state index in [0.29, 0.717) is 23.7 Å². The molecule has 0 saturated heterocycles. The topological polar surface area (TPSA) is 9.86 Å². The maximum Gasteiger partial charge on any atom is 0.179 e. The third kappa shape index (κ3) is 5.21. The van der Waals surface area contributed by atoms with Crippen LogP contribution >= 0.6 is 0 Å². The van der Waals surface area contributed by atoms with Gasteiger partial charge in [0.1, 0.15) is 0 Å². The molecule has 0 amide bonds. The lowest BCUT2D eigenvalue weighted by molar-refractivity contribution is -0.0418. The van der Waals surface area contributed by atoms with E-state index in [-0.39, 0.29) is 10.8 Å². The number of nitrogens with zero attached hydrogens (tertiary/aromatic N) is 2. The average Bonchev–Trinajstić information content (AvgIpc) is 4.14. The van der Waals surface area contributed by atoms with Crippen LogP contribution in [0.4, 0.5) is 0 Å². The molecule has 9 aromatic carbocycles. The first-order chi connectivity index (χ1) is 38.1. The first kappa shape index (κ1) is 42.9. The lowest BCUT2D eigenvalue weighted by Gasteiger charge is -2.63. The Morgan fingerprint density at radius 2 is 0.701 bits per heavy atom. The Morgan fingerprint density at radius 1 is 0.299 bits per heavy atom. The quantitative estimate of drug-likeness (QED) is 0.120. The Bertz CT molecular complexity index is 4230. The molecule has 0 atom stereocenters. The summed E-state index contributed by atoms with van der Waals surface area (Å²) in [5, 5.41) is 11.3. The van der Waals surface area contributed by atoms with Gasteiger partial charge >= 0.3 is 0 Å². The van der Waals surface area contributed by atoms with Crippen LogP contribution in [0.1, 0.15) is 86.5 Å². The summed E-state index contributed by atoms with van der Waals surface area (Å²) in [7, 11) is -3.05. The van der Waals surface area contributed by atoms with Gasteiger partial charge in [-0.1, -0.05) is 182 Å². The summed E-state index contributed by atoms with van der Waals surface area (Å²) in [6.07, 6.45) is 13.9. The van der Waals surface area contributed by atoms with Crippen LogP contribution in [0.5, 0.6) is 0 Å². The molecule has 2 aromatic heterocycles. The second-order valence-electron chi connectivity index (χ2n) is 26.0. The van der Waals surface area contributed by atoms with Gasteiger partial charge in [0.05, 0.1) is 33.4 Å². The lowest BCUT2D eigenvalue weighted by atomic mass is 9.41. The van der Waals surface area contributed by atoms with Crippen LogP contribution in [0.3, 0.4) is 0 Å². The van der Waals surface area contributed by atoms with Crippen molar-refractivity contribution in [2.75, 3.05) is 0 Å². The maximum atomic E-state index is 2.76. The molecule has 2 aliphatic heterocycles. The molecule has 8 aliphatic carbocycles. The number of aromatic nitrogens is 2. The predicted octanol–water partition coefficient (Wildman–Crippen LogP) is 15.0. The highest BCUT2D eigenvalue weighted by molar-refractivity contribution is 7.20. The fraction of sp³-hybridized carbons (Fsp3) is 0.270. The van der Waals surface area contributed by atoms with E-state index in [2.05, 4.69) is 215 Å². The number of fused-ring (bicyclic) bond motifs is 10. The van der Waals surface area contributed by atoms with Crippen molar-refractivity contribution in [2.45, 2.75) is 75.0 Å². The molecule has 4 heterocycles. The minimum absolute atomic E-state index is 0.0214.